The van der Waals surface area contributed by atoms with Gasteiger partial charge in [0.25, 0.3) is 0 Å². The van der Waals surface area contributed by atoms with E-state index in [9.17, 15) is 9.59 Å². The molecule has 2 aliphatic rings. The Morgan fingerprint density at radius 2 is 2.19 bits per heavy atom. The second kappa shape index (κ2) is 4.53. The number of hydrogen-bond donors (Lipinski definition) is 2. The average Bonchev–Trinajstić information content (AvgIpc) is 2.97. The first-order chi connectivity index (χ1) is 7.65. The summed E-state index contributed by atoms with van der Waals surface area (Å²) in [6.45, 7) is 2.37. The van der Waals surface area contributed by atoms with Crippen LogP contribution in [-0.2, 0) is 4.79 Å². The molecule has 2 fully saturated rings. The highest BCUT2D eigenvalue weighted by molar-refractivity contribution is 8.00. The Bertz CT molecular complexity index is 306. The number of thioether (sulfide) groups is 1. The molecule has 2 amide bonds. The molecule has 16 heavy (non-hydrogen) atoms. The van der Waals surface area contributed by atoms with Gasteiger partial charge in [-0.25, -0.2) is 9.59 Å². The van der Waals surface area contributed by atoms with Crippen LogP contribution in [0.5, 0.6) is 0 Å². The largest absolute Gasteiger partial charge is 0.480 e. The third kappa shape index (κ3) is 2.11. The Kier molecular flexibility index (Phi) is 3.28. The van der Waals surface area contributed by atoms with Gasteiger partial charge in [-0.05, 0) is 25.7 Å². The molecule has 1 saturated carbocycles. The molecule has 1 aliphatic heterocycles. The fourth-order valence-corrected chi connectivity index (χ4v) is 3.59. The number of carboxylic acids is 1. The number of carbonyl (C=O) groups is 2. The Morgan fingerprint density at radius 1 is 1.50 bits per heavy atom. The van der Waals surface area contributed by atoms with E-state index in [2.05, 4.69) is 5.32 Å². The maximum absolute atomic E-state index is 11.8. The highest BCUT2D eigenvalue weighted by Gasteiger charge is 2.47. The van der Waals surface area contributed by atoms with Crippen LogP contribution in [0.1, 0.15) is 19.8 Å². The predicted octanol–water partition coefficient (Wildman–Crippen LogP) is 0.954. The van der Waals surface area contributed by atoms with Gasteiger partial charge in [-0.1, -0.05) is 0 Å². The van der Waals surface area contributed by atoms with E-state index in [1.807, 2.05) is 6.92 Å². The molecule has 0 aromatic carbocycles. The topological polar surface area (TPSA) is 69.6 Å². The van der Waals surface area contributed by atoms with E-state index in [0.29, 0.717) is 18.2 Å². The number of hydrogen-bond acceptors (Lipinski definition) is 3. The van der Waals surface area contributed by atoms with Gasteiger partial charge in [-0.3, -0.25) is 4.90 Å². The molecule has 2 unspecified atom stereocenters. The van der Waals surface area contributed by atoms with Crippen molar-refractivity contribution in [1.82, 2.24) is 10.2 Å². The molecule has 2 rings (SSSR count). The van der Waals surface area contributed by atoms with Gasteiger partial charge in [0.1, 0.15) is 6.04 Å². The standard InChI is InChI=1S/C10H16N2O3S/c1-2-11-10(15)12-7(9(13)14)5-16-8(12)6-3-4-6/h6-8H,2-5H2,1H3,(H,11,15)(H,13,14). The Hall–Kier alpha value is -0.910. The summed E-state index contributed by atoms with van der Waals surface area (Å²) >= 11 is 1.60. The number of amides is 2. The van der Waals surface area contributed by atoms with Gasteiger partial charge in [0.05, 0.1) is 5.37 Å². The summed E-state index contributed by atoms with van der Waals surface area (Å²) in [6, 6.07) is -0.904. The van der Waals surface area contributed by atoms with Gasteiger partial charge in [-0.2, -0.15) is 0 Å². The van der Waals surface area contributed by atoms with Crippen LogP contribution < -0.4 is 5.32 Å². The van der Waals surface area contributed by atoms with Gasteiger partial charge in [-0.15, -0.1) is 11.8 Å². The van der Waals surface area contributed by atoms with Crippen molar-refractivity contribution in [2.24, 2.45) is 5.92 Å². The molecule has 1 aliphatic carbocycles. The molecular weight excluding hydrogens is 228 g/mol. The summed E-state index contributed by atoms with van der Waals surface area (Å²) in [6.07, 6.45) is 2.22. The monoisotopic (exact) mass is 244 g/mol. The van der Waals surface area contributed by atoms with Crippen LogP contribution in [0.15, 0.2) is 0 Å². The molecule has 0 aromatic heterocycles. The summed E-state index contributed by atoms with van der Waals surface area (Å²) < 4.78 is 0. The molecule has 1 saturated heterocycles. The number of urea groups is 1. The molecule has 6 heteroatoms. The van der Waals surface area contributed by atoms with Crippen molar-refractivity contribution in [3.63, 3.8) is 0 Å². The Labute approximate surface area is 98.6 Å². The molecule has 2 N–H and O–H groups in total. The number of aliphatic carboxylic acids is 1. The number of rotatable bonds is 3. The highest BCUT2D eigenvalue weighted by Crippen LogP contribution is 2.45. The molecular formula is C10H16N2O3S. The minimum absolute atomic E-state index is 0.0626. The van der Waals surface area contributed by atoms with E-state index in [4.69, 9.17) is 5.11 Å². The minimum Gasteiger partial charge on any atom is -0.480 e. The van der Waals surface area contributed by atoms with Crippen molar-refractivity contribution < 1.29 is 14.7 Å². The first-order valence-electron chi connectivity index (χ1n) is 5.55. The Balaban J connectivity index is 2.10. The van der Waals surface area contributed by atoms with Crippen LogP contribution in [0.25, 0.3) is 0 Å². The average molecular weight is 244 g/mol. The number of nitrogens with zero attached hydrogens (tertiary/aromatic N) is 1. The normalized spacial score (nSPS) is 29.2. The molecule has 5 nitrogen and oxygen atoms in total. The lowest BCUT2D eigenvalue weighted by Crippen LogP contribution is -2.50. The van der Waals surface area contributed by atoms with Crippen molar-refractivity contribution in [2.75, 3.05) is 12.3 Å². The van der Waals surface area contributed by atoms with Gasteiger partial charge in [0, 0.05) is 12.3 Å². The lowest BCUT2D eigenvalue weighted by atomic mass is 10.2. The number of nitrogens with one attached hydrogen (secondary N) is 1. The highest BCUT2D eigenvalue weighted by atomic mass is 32.2. The van der Waals surface area contributed by atoms with Gasteiger partial charge < -0.3 is 10.4 Å². The molecule has 2 atom stereocenters. The molecule has 0 spiro atoms. The van der Waals surface area contributed by atoms with Crippen LogP contribution in [0.4, 0.5) is 4.79 Å². The van der Waals surface area contributed by atoms with Crippen molar-refractivity contribution in [2.45, 2.75) is 31.2 Å². The van der Waals surface area contributed by atoms with Crippen molar-refractivity contribution >= 4 is 23.8 Å². The summed E-state index contributed by atoms with van der Waals surface area (Å²) in [5.41, 5.74) is 0. The van der Waals surface area contributed by atoms with Gasteiger partial charge >= 0.3 is 12.0 Å². The molecule has 0 radical (unpaired) electrons. The summed E-state index contributed by atoms with van der Waals surface area (Å²) in [5, 5.41) is 11.8. The zero-order valence-electron chi connectivity index (χ0n) is 9.18. The molecule has 0 bridgehead atoms. The van der Waals surface area contributed by atoms with Crippen LogP contribution in [-0.4, -0.2) is 45.7 Å². The minimum atomic E-state index is -0.901. The number of carbonyl (C=O) groups excluding carboxylic acids is 1. The maximum atomic E-state index is 11.8. The molecule has 1 heterocycles. The lowest BCUT2D eigenvalue weighted by molar-refractivity contribution is -0.141. The lowest BCUT2D eigenvalue weighted by Gasteiger charge is -2.27. The van der Waals surface area contributed by atoms with Crippen LogP contribution in [0.2, 0.25) is 0 Å². The molecule has 90 valence electrons. The Morgan fingerprint density at radius 3 is 2.69 bits per heavy atom. The fraction of sp³-hybridized carbons (Fsp3) is 0.800. The molecule has 0 aromatic rings. The quantitative estimate of drug-likeness (QED) is 0.775. The second-order valence-electron chi connectivity index (χ2n) is 4.16. The van der Waals surface area contributed by atoms with Gasteiger partial charge in [0.2, 0.25) is 0 Å². The zero-order chi connectivity index (χ0) is 11.7. The summed E-state index contributed by atoms with van der Waals surface area (Å²) in [4.78, 5) is 24.4. The first kappa shape index (κ1) is 11.6. The van der Waals surface area contributed by atoms with E-state index < -0.39 is 12.0 Å². The summed E-state index contributed by atoms with van der Waals surface area (Å²) in [7, 11) is 0. The third-order valence-corrected chi connectivity index (χ3v) is 4.37. The van der Waals surface area contributed by atoms with Crippen molar-refractivity contribution in [3.05, 3.63) is 0 Å². The zero-order valence-corrected chi connectivity index (χ0v) is 10.00. The second-order valence-corrected chi connectivity index (χ2v) is 5.31. The van der Waals surface area contributed by atoms with Crippen molar-refractivity contribution in [1.29, 1.82) is 0 Å². The number of carboxylic acid groups (broad SMARTS) is 1. The predicted molar refractivity (Wildman–Crippen MR) is 61.3 cm³/mol. The maximum Gasteiger partial charge on any atom is 0.327 e. The van der Waals surface area contributed by atoms with E-state index >= 15 is 0 Å². The third-order valence-electron chi connectivity index (χ3n) is 2.91. The van der Waals surface area contributed by atoms with Crippen LogP contribution >= 0.6 is 11.8 Å². The fourth-order valence-electron chi connectivity index (χ4n) is 1.96. The van der Waals surface area contributed by atoms with Crippen molar-refractivity contribution in [3.8, 4) is 0 Å². The van der Waals surface area contributed by atoms with Crippen LogP contribution in [0.3, 0.4) is 0 Å². The van der Waals surface area contributed by atoms with E-state index in [-0.39, 0.29) is 11.4 Å². The first-order valence-corrected chi connectivity index (χ1v) is 6.60. The van der Waals surface area contributed by atoms with Gasteiger partial charge in [0.15, 0.2) is 0 Å². The SMILES string of the molecule is CCNC(=O)N1C(C(=O)O)CSC1C1CC1. The smallest absolute Gasteiger partial charge is 0.327 e. The van der Waals surface area contributed by atoms with E-state index in [1.165, 1.54) is 4.90 Å². The van der Waals surface area contributed by atoms with E-state index in [1.54, 1.807) is 11.8 Å². The summed E-state index contributed by atoms with van der Waals surface area (Å²) in [5.74, 6) is 0.104. The van der Waals surface area contributed by atoms with Crippen LogP contribution in [0, 0.1) is 5.92 Å². The van der Waals surface area contributed by atoms with E-state index in [0.717, 1.165) is 12.8 Å².